The normalized spacial score (nSPS) is 39.3. The first-order valence-electron chi connectivity index (χ1n) is 27.1. The Kier molecular flexibility index (Phi) is 21.0. The molecule has 5 aliphatic rings. The number of thioether (sulfide) groups is 1. The Morgan fingerprint density at radius 1 is 0.792 bits per heavy atom. The van der Waals surface area contributed by atoms with Crippen molar-refractivity contribution in [1.82, 2.24) is 9.80 Å². The molecular formula is C56H86N2O18S. The second-order valence-electron chi connectivity index (χ2n) is 22.4. The summed E-state index contributed by atoms with van der Waals surface area (Å²) < 4.78 is 75.7. The number of methoxy groups -OCH3 is 3. The van der Waals surface area contributed by atoms with Crippen molar-refractivity contribution >= 4 is 47.5 Å². The van der Waals surface area contributed by atoms with Crippen LogP contribution >= 0.6 is 11.8 Å². The number of cyclic esters (lactones) is 1. The largest absolute Gasteiger partial charge is 0.497 e. The highest BCUT2D eigenvalue weighted by Gasteiger charge is 2.62. The van der Waals surface area contributed by atoms with Crippen molar-refractivity contribution in [3.8, 4) is 5.75 Å². The van der Waals surface area contributed by atoms with E-state index in [1.165, 1.54) is 39.8 Å². The lowest BCUT2D eigenvalue weighted by molar-refractivity contribution is -0.320. The number of fused-ring (bicyclic) bond motifs is 1. The van der Waals surface area contributed by atoms with Gasteiger partial charge in [0.1, 0.15) is 28.5 Å². The van der Waals surface area contributed by atoms with Gasteiger partial charge in [-0.3, -0.25) is 24.0 Å². The maximum atomic E-state index is 15.3. The van der Waals surface area contributed by atoms with E-state index in [1.807, 2.05) is 58.9 Å². The number of esters is 4. The van der Waals surface area contributed by atoms with Crippen LogP contribution in [0.1, 0.15) is 114 Å². The molecule has 5 aliphatic heterocycles. The predicted molar refractivity (Wildman–Crippen MR) is 281 cm³/mol. The Morgan fingerprint density at radius 3 is 2.00 bits per heavy atom. The molecular weight excluding hydrogens is 1020 g/mol. The molecule has 1 aromatic rings. The van der Waals surface area contributed by atoms with E-state index in [-0.39, 0.29) is 37.5 Å². The highest BCUT2D eigenvalue weighted by molar-refractivity contribution is 7.99. The Hall–Kier alpha value is -4.09. The summed E-state index contributed by atoms with van der Waals surface area (Å²) in [4.78, 5) is 87.8. The van der Waals surface area contributed by atoms with Gasteiger partial charge in [0, 0.05) is 84.0 Å². The van der Waals surface area contributed by atoms with Crippen LogP contribution in [0.15, 0.2) is 24.3 Å². The molecule has 6 rings (SSSR count). The van der Waals surface area contributed by atoms with Gasteiger partial charge in [-0.05, 0) is 78.5 Å². The highest BCUT2D eigenvalue weighted by Crippen LogP contribution is 2.50. The van der Waals surface area contributed by atoms with E-state index in [1.54, 1.807) is 58.6 Å². The monoisotopic (exact) mass is 1110 g/mol. The lowest BCUT2D eigenvalue weighted by Gasteiger charge is -2.50. The number of morpholine rings is 1. The molecule has 0 spiro atoms. The first-order valence-corrected chi connectivity index (χ1v) is 28.2. The van der Waals surface area contributed by atoms with Crippen LogP contribution in [0.2, 0.25) is 0 Å². The highest BCUT2D eigenvalue weighted by atomic mass is 32.2. The fourth-order valence-electron chi connectivity index (χ4n) is 12.5. The summed E-state index contributed by atoms with van der Waals surface area (Å²) in [6.07, 6.45) is -8.33. The van der Waals surface area contributed by atoms with Crippen LogP contribution in [0.5, 0.6) is 5.75 Å². The summed E-state index contributed by atoms with van der Waals surface area (Å²) >= 11 is 1.37. The number of carbonyl (C=O) groups excluding carboxylic acids is 6. The molecule has 0 aromatic heterocycles. The van der Waals surface area contributed by atoms with Crippen LogP contribution in [0.3, 0.4) is 0 Å². The van der Waals surface area contributed by atoms with Crippen LogP contribution in [0.25, 0.3) is 0 Å². The minimum absolute atomic E-state index is 0.0501. The smallest absolute Gasteiger partial charge is 0.320 e. The maximum Gasteiger partial charge on any atom is 0.320 e. The van der Waals surface area contributed by atoms with E-state index in [0.717, 1.165) is 5.56 Å². The van der Waals surface area contributed by atoms with Crippen LogP contribution in [0, 0.1) is 29.6 Å². The quantitative estimate of drug-likeness (QED) is 0.143. The third-order valence-electron chi connectivity index (χ3n) is 16.8. The van der Waals surface area contributed by atoms with Gasteiger partial charge in [0.05, 0.1) is 62.3 Å². The molecule has 0 N–H and O–H groups in total. The number of carbonyl (C=O) groups is 6. The SMILES string of the molecule is CC[C@H]1OC(=O)[C@H](C)[C@@H](O[C@H]2C[C@@](C)(OC)[C@@H](OC(C)=O)[C@H](C)O2)[C@H](C)[C@@H](O[C@@H]2O[C@H](C)C[C@H](N(C)C(=O)N3CCOCC3)[C@H]2OC(C)=O)[C@](C)(OC)C[C@@H](C)C(=O)[C@H](C)[C@H]2C(SCc3ccc(OC)cc3)C(=O)O[C@@]21C. The zero-order chi connectivity index (χ0) is 56.9. The molecule has 0 bridgehead atoms. The predicted octanol–water partition coefficient (Wildman–Crippen LogP) is 6.53. The number of Topliss-reactive ketones (excluding diaryl/α,β-unsaturated/α-hetero) is 1. The standard InChI is InChI=1S/C56H86N2O18S/c1-17-41-56(12)43(47(51(63)76-56)77-29-38-18-20-39(65-14)21-19-38)32(4)44(61)30(2)27-54(10,66-15)48(75-52-46(71-36(8)59)40(26-31(3)69-52)57(13)53(64)58-22-24-68-25-23-58)33(5)45(34(6)50(62)73-41)74-42-28-55(11,67-16)49(35(7)70-42)72-37(9)60/h18-21,30-35,40-43,45-49,52H,17,22-29H2,1-16H3/t30-,31-,32-,33+,34-,35+,40+,41-,42+,43+,45+,46-,47?,48-,49+,52+,54-,55-,56-/m1/s1. The molecule has 1 aromatic carbocycles. The van der Waals surface area contributed by atoms with Crippen molar-refractivity contribution in [1.29, 1.82) is 0 Å². The number of amides is 2. The van der Waals surface area contributed by atoms with Gasteiger partial charge in [-0.1, -0.05) is 39.8 Å². The molecule has 1 unspecified atom stereocenters. The lowest BCUT2D eigenvalue weighted by atomic mass is 9.70. The van der Waals surface area contributed by atoms with Crippen molar-refractivity contribution < 1.29 is 85.6 Å². The van der Waals surface area contributed by atoms with Gasteiger partial charge in [0.25, 0.3) is 0 Å². The number of benzene rings is 1. The van der Waals surface area contributed by atoms with Crippen molar-refractivity contribution in [2.45, 2.75) is 198 Å². The lowest BCUT2D eigenvalue weighted by Crippen LogP contribution is -2.63. The van der Waals surface area contributed by atoms with E-state index in [0.29, 0.717) is 37.8 Å². The van der Waals surface area contributed by atoms with Gasteiger partial charge in [-0.15, -0.1) is 11.8 Å². The number of hydrogen-bond acceptors (Lipinski definition) is 19. The maximum absolute atomic E-state index is 15.3. The Balaban J connectivity index is 1.47. The summed E-state index contributed by atoms with van der Waals surface area (Å²) in [7, 11) is 6.27. The first kappa shape index (κ1) is 62.1. The Bertz CT molecular complexity index is 2220. The fraction of sp³-hybridized carbons (Fsp3) is 0.786. The van der Waals surface area contributed by atoms with Crippen molar-refractivity contribution in [3.63, 3.8) is 0 Å². The number of likely N-dealkylation sites (N-methyl/N-ethyl adjacent to an activating group) is 1. The third kappa shape index (κ3) is 13.7. The van der Waals surface area contributed by atoms with E-state index >= 15 is 9.59 Å². The van der Waals surface area contributed by atoms with Crippen LogP contribution < -0.4 is 4.74 Å². The molecule has 0 saturated carbocycles. The Labute approximate surface area is 459 Å². The molecule has 77 heavy (non-hydrogen) atoms. The van der Waals surface area contributed by atoms with E-state index in [4.69, 9.17) is 56.8 Å². The molecule has 5 heterocycles. The second-order valence-corrected chi connectivity index (χ2v) is 23.5. The summed E-state index contributed by atoms with van der Waals surface area (Å²) in [6.45, 7) is 22.0. The zero-order valence-electron chi connectivity index (χ0n) is 48.1. The Morgan fingerprint density at radius 2 is 1.42 bits per heavy atom. The molecule has 434 valence electrons. The van der Waals surface area contributed by atoms with Gasteiger partial charge in [0.15, 0.2) is 30.4 Å². The van der Waals surface area contributed by atoms with Crippen molar-refractivity contribution in [2.24, 2.45) is 29.6 Å². The van der Waals surface area contributed by atoms with Gasteiger partial charge in [0.2, 0.25) is 0 Å². The zero-order valence-corrected chi connectivity index (χ0v) is 48.9. The number of hydrogen-bond donors (Lipinski definition) is 0. The molecule has 5 fully saturated rings. The van der Waals surface area contributed by atoms with Gasteiger partial charge in [-0.25, -0.2) is 4.79 Å². The molecule has 0 aliphatic carbocycles. The molecule has 19 atom stereocenters. The van der Waals surface area contributed by atoms with Crippen molar-refractivity contribution in [2.75, 3.05) is 54.7 Å². The topological polar surface area (TPSA) is 220 Å². The van der Waals surface area contributed by atoms with Gasteiger partial charge < -0.3 is 66.6 Å². The molecule has 2 amide bonds. The van der Waals surface area contributed by atoms with Gasteiger partial charge >= 0.3 is 29.9 Å². The summed E-state index contributed by atoms with van der Waals surface area (Å²) in [6, 6.07) is 6.51. The number of urea groups is 1. The van der Waals surface area contributed by atoms with Gasteiger partial charge in [-0.2, -0.15) is 0 Å². The van der Waals surface area contributed by atoms with E-state index < -0.39 is 137 Å². The average molecular weight is 1110 g/mol. The second kappa shape index (κ2) is 26.0. The van der Waals surface area contributed by atoms with E-state index in [9.17, 15) is 19.2 Å². The minimum atomic E-state index is -1.45. The summed E-state index contributed by atoms with van der Waals surface area (Å²) in [5, 5.41) is -0.825. The molecule has 0 radical (unpaired) electrons. The number of ether oxygens (including phenoxy) is 12. The van der Waals surface area contributed by atoms with Crippen LogP contribution in [-0.2, 0) is 81.8 Å². The molecule has 5 saturated heterocycles. The summed E-state index contributed by atoms with van der Waals surface area (Å²) in [5.74, 6) is -5.74. The number of nitrogens with zero attached hydrogens (tertiary/aromatic N) is 2. The van der Waals surface area contributed by atoms with Crippen LogP contribution in [-0.4, -0.2) is 184 Å². The molecule has 21 heteroatoms. The fourth-order valence-corrected chi connectivity index (χ4v) is 14.0. The molecule has 20 nitrogen and oxygen atoms in total. The average Bonchev–Trinajstić information content (AvgIpc) is 3.67. The number of ketones is 1. The first-order chi connectivity index (χ1) is 36.3. The summed E-state index contributed by atoms with van der Waals surface area (Å²) in [5.41, 5.74) is -3.04. The minimum Gasteiger partial charge on any atom is -0.497 e. The van der Waals surface area contributed by atoms with Crippen molar-refractivity contribution in [3.05, 3.63) is 29.8 Å². The third-order valence-corrected chi connectivity index (χ3v) is 18.1. The van der Waals surface area contributed by atoms with Crippen LogP contribution in [0.4, 0.5) is 4.79 Å². The number of rotatable bonds is 14. The van der Waals surface area contributed by atoms with E-state index in [2.05, 4.69) is 0 Å².